The predicted octanol–water partition coefficient (Wildman–Crippen LogP) is 3.82. The van der Waals surface area contributed by atoms with E-state index in [1.54, 1.807) is 4.88 Å². The van der Waals surface area contributed by atoms with Gasteiger partial charge < -0.3 is 9.73 Å². The van der Waals surface area contributed by atoms with Crippen LogP contribution in [0.1, 0.15) is 43.0 Å². The molecule has 2 aromatic heterocycles. The van der Waals surface area contributed by atoms with Crippen LogP contribution >= 0.6 is 11.3 Å². The van der Waals surface area contributed by atoms with Crippen molar-refractivity contribution in [1.29, 1.82) is 0 Å². The fourth-order valence-corrected chi connectivity index (χ4v) is 3.82. The van der Waals surface area contributed by atoms with Crippen LogP contribution in [0.5, 0.6) is 0 Å². The van der Waals surface area contributed by atoms with Crippen molar-refractivity contribution in [1.82, 2.24) is 10.3 Å². The summed E-state index contributed by atoms with van der Waals surface area (Å²) in [7, 11) is 0. The van der Waals surface area contributed by atoms with Gasteiger partial charge in [-0.1, -0.05) is 13.8 Å². The molecule has 2 aromatic rings. The minimum Gasteiger partial charge on any atom is -0.440 e. The van der Waals surface area contributed by atoms with Gasteiger partial charge in [0.2, 0.25) is 0 Å². The van der Waals surface area contributed by atoms with Crippen molar-refractivity contribution in [2.24, 2.45) is 0 Å². The molecule has 0 amide bonds. The lowest BCUT2D eigenvalue weighted by Crippen LogP contribution is -2.23. The van der Waals surface area contributed by atoms with Crippen LogP contribution in [-0.2, 0) is 19.3 Å². The summed E-state index contributed by atoms with van der Waals surface area (Å²) in [6, 6.07) is 2.83. The maximum Gasteiger partial charge on any atom is 0.194 e. The van der Waals surface area contributed by atoms with E-state index in [4.69, 9.17) is 4.42 Å². The summed E-state index contributed by atoms with van der Waals surface area (Å²) in [5.74, 6) is 1.80. The zero-order valence-electron chi connectivity index (χ0n) is 12.2. The number of rotatable bonds is 6. The molecule has 1 aliphatic rings. The predicted molar refractivity (Wildman–Crippen MR) is 83.3 cm³/mol. The molecule has 0 atom stereocenters. The molecule has 2 heterocycles. The second-order valence-corrected chi connectivity index (χ2v) is 6.88. The lowest BCUT2D eigenvalue weighted by molar-refractivity contribution is 0.485. The fourth-order valence-electron chi connectivity index (χ4n) is 2.62. The van der Waals surface area contributed by atoms with Crippen molar-refractivity contribution >= 4 is 11.3 Å². The third-order valence-corrected chi connectivity index (χ3v) is 4.91. The Morgan fingerprint density at radius 3 is 3.10 bits per heavy atom. The van der Waals surface area contributed by atoms with Crippen LogP contribution < -0.4 is 5.32 Å². The summed E-state index contributed by atoms with van der Waals surface area (Å²) in [4.78, 5) is 7.19. The van der Waals surface area contributed by atoms with E-state index in [0.717, 1.165) is 31.0 Å². The van der Waals surface area contributed by atoms with Crippen LogP contribution in [-0.4, -0.2) is 17.6 Å². The zero-order chi connectivity index (χ0) is 13.9. The van der Waals surface area contributed by atoms with Gasteiger partial charge in [-0.3, -0.25) is 0 Å². The first kappa shape index (κ1) is 13.8. The molecule has 3 rings (SSSR count). The van der Waals surface area contributed by atoms with Gasteiger partial charge in [-0.05, 0) is 43.9 Å². The van der Waals surface area contributed by atoms with Gasteiger partial charge in [0.05, 0.1) is 11.1 Å². The summed E-state index contributed by atoms with van der Waals surface area (Å²) in [6.07, 6.45) is 7.64. The minimum absolute atomic E-state index is 0.545. The molecule has 4 heteroatoms. The first-order chi connectivity index (χ1) is 9.72. The summed E-state index contributed by atoms with van der Waals surface area (Å²) in [6.45, 7) is 5.35. The van der Waals surface area contributed by atoms with Crippen LogP contribution in [0.2, 0.25) is 0 Å². The van der Waals surface area contributed by atoms with Gasteiger partial charge >= 0.3 is 0 Å². The normalized spacial score (nSPS) is 14.2. The van der Waals surface area contributed by atoms with Gasteiger partial charge in [0, 0.05) is 17.3 Å². The maximum absolute atomic E-state index is 5.89. The number of oxazole rings is 1. The number of hydrogen-bond donors (Lipinski definition) is 1. The lowest BCUT2D eigenvalue weighted by atomic mass is 10.2. The Balaban J connectivity index is 1.58. The Morgan fingerprint density at radius 2 is 2.30 bits per heavy atom. The Hall–Kier alpha value is -1.13. The average molecular weight is 290 g/mol. The first-order valence-corrected chi connectivity index (χ1v) is 8.34. The molecule has 0 saturated carbocycles. The SMILES string of the molecule is CC(C)NCCCc1ncc(-c2cc3c(s2)CCC3)o1. The monoisotopic (exact) mass is 290 g/mol. The molecule has 0 unspecified atom stereocenters. The van der Waals surface area contributed by atoms with Crippen molar-refractivity contribution in [3.8, 4) is 10.6 Å². The van der Waals surface area contributed by atoms with E-state index in [0.29, 0.717) is 6.04 Å². The fraction of sp³-hybridized carbons (Fsp3) is 0.562. The molecule has 0 spiro atoms. The molecule has 108 valence electrons. The third kappa shape index (κ3) is 3.13. The second-order valence-electron chi connectivity index (χ2n) is 5.74. The zero-order valence-corrected chi connectivity index (χ0v) is 13.1. The largest absolute Gasteiger partial charge is 0.440 e. The molecule has 0 aromatic carbocycles. The van der Waals surface area contributed by atoms with Gasteiger partial charge in [0.25, 0.3) is 0 Å². The van der Waals surface area contributed by atoms with Crippen LogP contribution in [0.15, 0.2) is 16.7 Å². The Bertz CT molecular complexity index is 549. The second kappa shape index (κ2) is 6.10. The highest BCUT2D eigenvalue weighted by Gasteiger charge is 2.17. The molecule has 1 aliphatic carbocycles. The Morgan fingerprint density at radius 1 is 1.40 bits per heavy atom. The van der Waals surface area contributed by atoms with Crippen LogP contribution in [0.25, 0.3) is 10.6 Å². The number of thiophene rings is 1. The van der Waals surface area contributed by atoms with Crippen molar-refractivity contribution in [3.05, 3.63) is 28.6 Å². The number of nitrogens with zero attached hydrogens (tertiary/aromatic N) is 1. The van der Waals surface area contributed by atoms with Gasteiger partial charge in [-0.25, -0.2) is 4.98 Å². The topological polar surface area (TPSA) is 38.1 Å². The number of hydrogen-bond acceptors (Lipinski definition) is 4. The molecule has 3 nitrogen and oxygen atoms in total. The summed E-state index contributed by atoms with van der Waals surface area (Å²) < 4.78 is 5.89. The minimum atomic E-state index is 0.545. The lowest BCUT2D eigenvalue weighted by Gasteiger charge is -2.05. The van der Waals surface area contributed by atoms with Crippen LogP contribution in [0, 0.1) is 0 Å². The van der Waals surface area contributed by atoms with Gasteiger partial charge in [0.1, 0.15) is 0 Å². The van der Waals surface area contributed by atoms with Gasteiger partial charge in [-0.15, -0.1) is 11.3 Å². The summed E-state index contributed by atoms with van der Waals surface area (Å²) >= 11 is 1.87. The Kier molecular flexibility index (Phi) is 4.22. The summed E-state index contributed by atoms with van der Waals surface area (Å²) in [5, 5.41) is 3.41. The molecule has 20 heavy (non-hydrogen) atoms. The van der Waals surface area contributed by atoms with Crippen LogP contribution in [0.4, 0.5) is 0 Å². The number of aromatic nitrogens is 1. The van der Waals surface area contributed by atoms with Crippen molar-refractivity contribution in [2.45, 2.75) is 52.0 Å². The van der Waals surface area contributed by atoms with E-state index in [9.17, 15) is 0 Å². The van der Waals surface area contributed by atoms with Gasteiger partial charge in [0.15, 0.2) is 11.7 Å². The molecule has 0 fully saturated rings. The van der Waals surface area contributed by atoms with E-state index >= 15 is 0 Å². The average Bonchev–Trinajstić information content (AvgIpc) is 3.08. The summed E-state index contributed by atoms with van der Waals surface area (Å²) in [5.41, 5.74) is 1.52. The van der Waals surface area contributed by atoms with E-state index in [1.165, 1.54) is 29.7 Å². The quantitative estimate of drug-likeness (QED) is 0.822. The number of nitrogens with one attached hydrogen (secondary N) is 1. The van der Waals surface area contributed by atoms with Crippen molar-refractivity contribution < 1.29 is 4.42 Å². The van der Waals surface area contributed by atoms with E-state index < -0.39 is 0 Å². The standard InChI is InChI=1S/C16H22N2OS/c1-11(2)17-8-4-7-16-18-10-13(19-16)15-9-12-5-3-6-14(12)20-15/h9-11,17H,3-8H2,1-2H3. The maximum atomic E-state index is 5.89. The highest BCUT2D eigenvalue weighted by molar-refractivity contribution is 7.15. The molecule has 0 bridgehead atoms. The molecule has 1 N–H and O–H groups in total. The first-order valence-electron chi connectivity index (χ1n) is 7.52. The van der Waals surface area contributed by atoms with E-state index in [1.807, 2.05) is 17.5 Å². The Labute approximate surface area is 124 Å². The number of aryl methyl sites for hydroxylation is 3. The van der Waals surface area contributed by atoms with Crippen LogP contribution in [0.3, 0.4) is 0 Å². The molecule has 0 radical (unpaired) electrons. The smallest absolute Gasteiger partial charge is 0.194 e. The van der Waals surface area contributed by atoms with E-state index in [-0.39, 0.29) is 0 Å². The van der Waals surface area contributed by atoms with Crippen molar-refractivity contribution in [3.63, 3.8) is 0 Å². The third-order valence-electron chi connectivity index (χ3n) is 3.66. The van der Waals surface area contributed by atoms with E-state index in [2.05, 4.69) is 30.2 Å². The number of fused-ring (bicyclic) bond motifs is 1. The van der Waals surface area contributed by atoms with Crippen molar-refractivity contribution in [2.75, 3.05) is 6.54 Å². The molecule has 0 saturated heterocycles. The molecular formula is C16H22N2OS. The van der Waals surface area contributed by atoms with Gasteiger partial charge in [-0.2, -0.15) is 0 Å². The molecule has 0 aliphatic heterocycles. The highest BCUT2D eigenvalue weighted by Crippen LogP contribution is 2.36. The highest BCUT2D eigenvalue weighted by atomic mass is 32.1. The molecular weight excluding hydrogens is 268 g/mol.